The van der Waals surface area contributed by atoms with E-state index in [4.69, 9.17) is 9.84 Å². The molecule has 0 aliphatic heterocycles. The maximum atomic E-state index is 9.11. The molecule has 0 aromatic carbocycles. The van der Waals surface area contributed by atoms with Crippen molar-refractivity contribution in [1.82, 2.24) is 4.98 Å². The maximum Gasteiger partial charge on any atom is 0.213 e. The van der Waals surface area contributed by atoms with Gasteiger partial charge in [-0.1, -0.05) is 26.7 Å². The van der Waals surface area contributed by atoms with E-state index in [2.05, 4.69) is 11.9 Å². The topological polar surface area (TPSA) is 42.4 Å². The molecule has 0 fully saturated rings. The van der Waals surface area contributed by atoms with Crippen LogP contribution in [0.3, 0.4) is 0 Å². The van der Waals surface area contributed by atoms with Gasteiger partial charge in [0.05, 0.1) is 13.2 Å². The van der Waals surface area contributed by atoms with Crippen LogP contribution in [0.15, 0.2) is 12.1 Å². The van der Waals surface area contributed by atoms with Crippen molar-refractivity contribution in [2.24, 2.45) is 0 Å². The van der Waals surface area contributed by atoms with Gasteiger partial charge in [-0.2, -0.15) is 0 Å². The Balaban J connectivity index is 2.57. The number of hydrogen-bond acceptors (Lipinski definition) is 3. The average molecular weight is 223 g/mol. The summed E-state index contributed by atoms with van der Waals surface area (Å²) in [7, 11) is 0. The minimum absolute atomic E-state index is 0.0425. The van der Waals surface area contributed by atoms with Gasteiger partial charge in [-0.3, -0.25) is 0 Å². The van der Waals surface area contributed by atoms with E-state index in [1.54, 1.807) is 0 Å². The number of pyridine rings is 1. The summed E-state index contributed by atoms with van der Waals surface area (Å²) in [5, 5.41) is 9.11. The van der Waals surface area contributed by atoms with Gasteiger partial charge in [-0.05, 0) is 24.5 Å². The summed E-state index contributed by atoms with van der Waals surface area (Å²) < 4.78 is 5.57. The SMILES string of the molecule is CCCCCOc1cc(CO)cc(CC)n1. The molecule has 0 saturated heterocycles. The number of ether oxygens (including phenoxy) is 1. The molecule has 0 spiro atoms. The highest BCUT2D eigenvalue weighted by atomic mass is 16.5. The Kier molecular flexibility index (Phi) is 5.86. The maximum absolute atomic E-state index is 9.11. The Morgan fingerprint density at radius 1 is 1.25 bits per heavy atom. The predicted octanol–water partition coefficient (Wildman–Crippen LogP) is 2.71. The number of unbranched alkanes of at least 4 members (excludes halogenated alkanes) is 2. The molecule has 0 unspecified atom stereocenters. The summed E-state index contributed by atoms with van der Waals surface area (Å²) in [6, 6.07) is 3.73. The normalized spacial score (nSPS) is 10.4. The van der Waals surface area contributed by atoms with Crippen molar-refractivity contribution in [3.63, 3.8) is 0 Å². The molecule has 0 aliphatic rings. The largest absolute Gasteiger partial charge is 0.478 e. The van der Waals surface area contributed by atoms with Crippen molar-refractivity contribution in [3.8, 4) is 5.88 Å². The summed E-state index contributed by atoms with van der Waals surface area (Å²) >= 11 is 0. The molecule has 1 N–H and O–H groups in total. The first-order valence-corrected chi connectivity index (χ1v) is 6.03. The van der Waals surface area contributed by atoms with Crippen molar-refractivity contribution in [2.45, 2.75) is 46.1 Å². The lowest BCUT2D eigenvalue weighted by Crippen LogP contribution is -2.02. The van der Waals surface area contributed by atoms with Crippen molar-refractivity contribution < 1.29 is 9.84 Å². The molecule has 1 aromatic heterocycles. The van der Waals surface area contributed by atoms with Gasteiger partial charge in [0, 0.05) is 11.8 Å². The van der Waals surface area contributed by atoms with Gasteiger partial charge in [-0.25, -0.2) is 4.98 Å². The summed E-state index contributed by atoms with van der Waals surface area (Å²) in [4.78, 5) is 4.36. The quantitative estimate of drug-likeness (QED) is 0.723. The summed E-state index contributed by atoms with van der Waals surface area (Å²) in [6.45, 7) is 4.96. The molecule has 0 atom stereocenters. The Bertz CT molecular complexity index is 291. The van der Waals surface area contributed by atoms with Gasteiger partial charge in [0.25, 0.3) is 0 Å². The third-order valence-electron chi connectivity index (χ3n) is 2.46. The van der Waals surface area contributed by atoms with Crippen LogP contribution in [-0.2, 0) is 13.0 Å². The molecular weight excluding hydrogens is 202 g/mol. The molecule has 1 heterocycles. The lowest BCUT2D eigenvalue weighted by atomic mass is 10.2. The highest BCUT2D eigenvalue weighted by molar-refractivity contribution is 5.24. The van der Waals surface area contributed by atoms with Crippen LogP contribution in [0.2, 0.25) is 0 Å². The molecule has 0 radical (unpaired) electrons. The highest BCUT2D eigenvalue weighted by Gasteiger charge is 2.02. The van der Waals surface area contributed by atoms with E-state index in [1.807, 2.05) is 19.1 Å². The van der Waals surface area contributed by atoms with Crippen molar-refractivity contribution in [2.75, 3.05) is 6.61 Å². The highest BCUT2D eigenvalue weighted by Crippen LogP contribution is 2.14. The molecular formula is C13H21NO2. The van der Waals surface area contributed by atoms with Crippen molar-refractivity contribution >= 4 is 0 Å². The summed E-state index contributed by atoms with van der Waals surface area (Å²) in [6.07, 6.45) is 4.29. The third-order valence-corrected chi connectivity index (χ3v) is 2.46. The second-order valence-corrected chi connectivity index (χ2v) is 3.87. The predicted molar refractivity (Wildman–Crippen MR) is 64.6 cm³/mol. The van der Waals surface area contributed by atoms with Gasteiger partial charge in [0.15, 0.2) is 0 Å². The molecule has 1 rings (SSSR count). The van der Waals surface area contributed by atoms with E-state index in [9.17, 15) is 0 Å². The van der Waals surface area contributed by atoms with E-state index in [1.165, 1.54) is 12.8 Å². The van der Waals surface area contributed by atoms with Crippen LogP contribution in [0.1, 0.15) is 44.4 Å². The zero-order valence-corrected chi connectivity index (χ0v) is 10.2. The van der Waals surface area contributed by atoms with Gasteiger partial charge in [0.1, 0.15) is 0 Å². The Morgan fingerprint density at radius 3 is 2.69 bits per heavy atom. The second kappa shape index (κ2) is 7.23. The zero-order valence-electron chi connectivity index (χ0n) is 10.2. The Labute approximate surface area is 97.5 Å². The average Bonchev–Trinajstić information content (AvgIpc) is 2.34. The van der Waals surface area contributed by atoms with Crippen LogP contribution in [-0.4, -0.2) is 16.7 Å². The number of aliphatic hydroxyl groups excluding tert-OH is 1. The molecule has 3 nitrogen and oxygen atoms in total. The Morgan fingerprint density at radius 2 is 2.06 bits per heavy atom. The number of aryl methyl sites for hydroxylation is 1. The fraction of sp³-hybridized carbons (Fsp3) is 0.615. The number of aliphatic hydroxyl groups is 1. The monoisotopic (exact) mass is 223 g/mol. The first kappa shape index (κ1) is 13.0. The molecule has 1 aromatic rings. The van der Waals surface area contributed by atoms with Crippen molar-refractivity contribution in [1.29, 1.82) is 0 Å². The van der Waals surface area contributed by atoms with Crippen molar-refractivity contribution in [3.05, 3.63) is 23.4 Å². The standard InChI is InChI=1S/C13H21NO2/c1-3-5-6-7-16-13-9-11(10-15)8-12(4-2)14-13/h8-9,15H,3-7,10H2,1-2H3. The Hall–Kier alpha value is -1.09. The van der Waals surface area contributed by atoms with E-state index < -0.39 is 0 Å². The number of rotatable bonds is 7. The van der Waals surface area contributed by atoms with E-state index in [0.29, 0.717) is 12.5 Å². The number of nitrogens with zero attached hydrogens (tertiary/aromatic N) is 1. The number of hydrogen-bond donors (Lipinski definition) is 1. The van der Waals surface area contributed by atoms with Gasteiger partial charge in [0.2, 0.25) is 5.88 Å². The fourth-order valence-electron chi connectivity index (χ4n) is 1.50. The summed E-state index contributed by atoms with van der Waals surface area (Å²) in [5.74, 6) is 0.638. The van der Waals surface area contributed by atoms with E-state index in [0.717, 1.165) is 24.1 Å². The zero-order chi connectivity index (χ0) is 11.8. The van der Waals surface area contributed by atoms with Crippen LogP contribution in [0, 0.1) is 0 Å². The lowest BCUT2D eigenvalue weighted by molar-refractivity contribution is 0.275. The van der Waals surface area contributed by atoms with Crippen LogP contribution in [0.4, 0.5) is 0 Å². The van der Waals surface area contributed by atoms with Crippen LogP contribution in [0.25, 0.3) is 0 Å². The first-order valence-electron chi connectivity index (χ1n) is 6.03. The van der Waals surface area contributed by atoms with E-state index >= 15 is 0 Å². The molecule has 0 aliphatic carbocycles. The first-order chi connectivity index (χ1) is 7.80. The minimum atomic E-state index is 0.0425. The molecule has 3 heteroatoms. The second-order valence-electron chi connectivity index (χ2n) is 3.87. The summed E-state index contributed by atoms with van der Waals surface area (Å²) in [5.41, 5.74) is 1.84. The fourth-order valence-corrected chi connectivity index (χ4v) is 1.50. The van der Waals surface area contributed by atoms with Gasteiger partial charge in [-0.15, -0.1) is 0 Å². The van der Waals surface area contributed by atoms with E-state index in [-0.39, 0.29) is 6.61 Å². The van der Waals surface area contributed by atoms with Gasteiger partial charge >= 0.3 is 0 Å². The molecule has 0 saturated carbocycles. The minimum Gasteiger partial charge on any atom is -0.478 e. The van der Waals surface area contributed by atoms with Gasteiger partial charge < -0.3 is 9.84 Å². The molecule has 16 heavy (non-hydrogen) atoms. The molecule has 0 amide bonds. The van der Waals surface area contributed by atoms with Crippen LogP contribution in [0.5, 0.6) is 5.88 Å². The third kappa shape index (κ3) is 4.19. The smallest absolute Gasteiger partial charge is 0.213 e. The van der Waals surface area contributed by atoms with Crippen LogP contribution < -0.4 is 4.74 Å². The number of aromatic nitrogens is 1. The van der Waals surface area contributed by atoms with Crippen LogP contribution >= 0.6 is 0 Å². The lowest BCUT2D eigenvalue weighted by Gasteiger charge is -2.08. The molecule has 0 bridgehead atoms. The molecule has 90 valence electrons.